The summed E-state index contributed by atoms with van der Waals surface area (Å²) in [5, 5.41) is 0.941. The monoisotopic (exact) mass is 307 g/mol. The van der Waals surface area contributed by atoms with Crippen LogP contribution in [0.5, 0.6) is 0 Å². The maximum Gasteiger partial charge on any atom is 0.255 e. The Morgan fingerprint density at radius 2 is 1.83 bits per heavy atom. The molecule has 1 fully saturated rings. The van der Waals surface area contributed by atoms with Crippen LogP contribution in [-0.4, -0.2) is 43.4 Å². The molecule has 0 saturated carbocycles. The maximum absolute atomic E-state index is 12.6. The number of carbonyl (C=O) groups excluding carboxylic acids is 1. The van der Waals surface area contributed by atoms with E-state index in [9.17, 15) is 4.79 Å². The number of piperidine rings is 1. The van der Waals surface area contributed by atoms with Gasteiger partial charge in [-0.05, 0) is 31.4 Å². The van der Waals surface area contributed by atoms with Crippen molar-refractivity contribution in [1.82, 2.24) is 24.4 Å². The number of pyridine rings is 1. The fourth-order valence-electron chi connectivity index (χ4n) is 3.04. The number of hydrogen-bond acceptors (Lipinski definition) is 4. The van der Waals surface area contributed by atoms with Crippen molar-refractivity contribution < 1.29 is 4.79 Å². The minimum absolute atomic E-state index is 0.0786. The van der Waals surface area contributed by atoms with Crippen LogP contribution in [0.15, 0.2) is 43.2 Å². The van der Waals surface area contributed by atoms with Crippen molar-refractivity contribution in [3.63, 3.8) is 0 Å². The van der Waals surface area contributed by atoms with Crippen molar-refractivity contribution in [3.8, 4) is 5.69 Å². The summed E-state index contributed by atoms with van der Waals surface area (Å²) in [4.78, 5) is 27.1. The molecule has 1 aliphatic rings. The quantitative estimate of drug-likeness (QED) is 0.729. The first-order chi connectivity index (χ1) is 11.3. The maximum atomic E-state index is 12.6. The highest BCUT2D eigenvalue weighted by Crippen LogP contribution is 2.20. The molecule has 0 spiro atoms. The van der Waals surface area contributed by atoms with Gasteiger partial charge in [-0.3, -0.25) is 9.36 Å². The number of amides is 1. The minimum atomic E-state index is 0.0786. The summed E-state index contributed by atoms with van der Waals surface area (Å²) >= 11 is 0. The number of likely N-dealkylation sites (tertiary alicyclic amines) is 1. The molecule has 0 unspecified atom stereocenters. The lowest BCUT2D eigenvalue weighted by Crippen LogP contribution is -2.35. The van der Waals surface area contributed by atoms with E-state index in [1.807, 2.05) is 27.8 Å². The summed E-state index contributed by atoms with van der Waals surface area (Å²) in [6.07, 6.45) is 11.9. The molecule has 116 valence electrons. The van der Waals surface area contributed by atoms with Crippen molar-refractivity contribution in [2.75, 3.05) is 13.1 Å². The third kappa shape index (κ3) is 2.56. The van der Waals surface area contributed by atoms with Crippen LogP contribution < -0.4 is 0 Å². The van der Waals surface area contributed by atoms with Crippen LogP contribution in [0, 0.1) is 0 Å². The molecule has 0 N–H and O–H groups in total. The Balaban J connectivity index is 1.68. The van der Waals surface area contributed by atoms with Gasteiger partial charge in [0, 0.05) is 30.9 Å². The SMILES string of the molecule is O=C(c1cnc2c(ccn2-c2cncnc2)c1)N1CCCCC1. The van der Waals surface area contributed by atoms with Crippen molar-refractivity contribution in [2.45, 2.75) is 19.3 Å². The first kappa shape index (κ1) is 13.9. The molecule has 1 amide bonds. The number of hydrogen-bond donors (Lipinski definition) is 0. The first-order valence-electron chi connectivity index (χ1n) is 7.85. The van der Waals surface area contributed by atoms with E-state index in [0.29, 0.717) is 5.56 Å². The number of fused-ring (bicyclic) bond motifs is 1. The summed E-state index contributed by atoms with van der Waals surface area (Å²) in [7, 11) is 0. The zero-order valence-corrected chi connectivity index (χ0v) is 12.7. The predicted octanol–water partition coefficient (Wildman–Crippen LogP) is 2.44. The average molecular weight is 307 g/mol. The van der Waals surface area contributed by atoms with Gasteiger partial charge in [0.2, 0.25) is 0 Å². The van der Waals surface area contributed by atoms with Crippen molar-refractivity contribution in [2.24, 2.45) is 0 Å². The van der Waals surface area contributed by atoms with Crippen LogP contribution in [0.2, 0.25) is 0 Å². The molecule has 0 atom stereocenters. The van der Waals surface area contributed by atoms with Crippen LogP contribution >= 0.6 is 0 Å². The van der Waals surface area contributed by atoms with Gasteiger partial charge in [-0.25, -0.2) is 15.0 Å². The Kier molecular flexibility index (Phi) is 3.49. The summed E-state index contributed by atoms with van der Waals surface area (Å²) < 4.78 is 1.92. The second-order valence-corrected chi connectivity index (χ2v) is 5.77. The number of rotatable bonds is 2. The summed E-state index contributed by atoms with van der Waals surface area (Å²) in [6.45, 7) is 1.69. The van der Waals surface area contributed by atoms with Gasteiger partial charge in [0.1, 0.15) is 12.0 Å². The van der Waals surface area contributed by atoms with Gasteiger partial charge in [0.25, 0.3) is 5.91 Å². The molecule has 3 aromatic heterocycles. The van der Waals surface area contributed by atoms with E-state index in [0.717, 1.165) is 42.7 Å². The molecule has 0 aromatic carbocycles. The second kappa shape index (κ2) is 5.79. The lowest BCUT2D eigenvalue weighted by atomic mass is 10.1. The molecule has 6 heteroatoms. The standard InChI is InChI=1S/C17H17N5O/c23-17(21-5-2-1-3-6-21)14-8-13-4-7-22(16(13)20-9-14)15-10-18-12-19-11-15/h4,7-12H,1-3,5-6H2. The van der Waals surface area contributed by atoms with Crippen LogP contribution in [0.25, 0.3) is 16.7 Å². The van der Waals surface area contributed by atoms with Crippen molar-refractivity contribution in [1.29, 1.82) is 0 Å². The van der Waals surface area contributed by atoms with Gasteiger partial charge in [0.15, 0.2) is 0 Å². The van der Waals surface area contributed by atoms with Gasteiger partial charge in [-0.2, -0.15) is 0 Å². The van der Waals surface area contributed by atoms with E-state index in [-0.39, 0.29) is 5.91 Å². The van der Waals surface area contributed by atoms with E-state index in [4.69, 9.17) is 0 Å². The molecule has 1 saturated heterocycles. The highest BCUT2D eigenvalue weighted by molar-refractivity contribution is 5.97. The zero-order chi connectivity index (χ0) is 15.6. The molecule has 4 rings (SSSR count). The largest absolute Gasteiger partial charge is 0.339 e. The molecule has 0 bridgehead atoms. The summed E-state index contributed by atoms with van der Waals surface area (Å²) in [6, 6.07) is 3.88. The predicted molar refractivity (Wildman–Crippen MR) is 86.4 cm³/mol. The molecule has 3 aromatic rings. The Hall–Kier alpha value is -2.76. The minimum Gasteiger partial charge on any atom is -0.339 e. The van der Waals surface area contributed by atoms with Crippen LogP contribution in [-0.2, 0) is 0 Å². The van der Waals surface area contributed by atoms with Gasteiger partial charge >= 0.3 is 0 Å². The van der Waals surface area contributed by atoms with Crippen molar-refractivity contribution in [3.05, 3.63) is 48.8 Å². The summed E-state index contributed by atoms with van der Waals surface area (Å²) in [5.74, 6) is 0.0786. The van der Waals surface area contributed by atoms with Gasteiger partial charge in [-0.1, -0.05) is 0 Å². The van der Waals surface area contributed by atoms with Crippen molar-refractivity contribution >= 4 is 16.9 Å². The molecule has 4 heterocycles. The third-order valence-corrected chi connectivity index (χ3v) is 4.24. The second-order valence-electron chi connectivity index (χ2n) is 5.77. The van der Waals surface area contributed by atoms with Crippen LogP contribution in [0.3, 0.4) is 0 Å². The first-order valence-corrected chi connectivity index (χ1v) is 7.85. The van der Waals surface area contributed by atoms with E-state index >= 15 is 0 Å². The van der Waals surface area contributed by atoms with E-state index in [1.165, 1.54) is 12.7 Å². The Labute approximate surface area is 133 Å². The molecule has 1 aliphatic heterocycles. The number of carbonyl (C=O) groups is 1. The van der Waals surface area contributed by atoms with Crippen LogP contribution in [0.1, 0.15) is 29.6 Å². The van der Waals surface area contributed by atoms with Crippen LogP contribution in [0.4, 0.5) is 0 Å². The van der Waals surface area contributed by atoms with E-state index in [1.54, 1.807) is 18.6 Å². The van der Waals surface area contributed by atoms with Gasteiger partial charge in [-0.15, -0.1) is 0 Å². The number of aromatic nitrogens is 4. The van der Waals surface area contributed by atoms with Gasteiger partial charge < -0.3 is 4.90 Å². The fourth-order valence-corrected chi connectivity index (χ4v) is 3.04. The van der Waals surface area contributed by atoms with E-state index < -0.39 is 0 Å². The molecular weight excluding hydrogens is 290 g/mol. The summed E-state index contributed by atoms with van der Waals surface area (Å²) in [5.41, 5.74) is 2.31. The lowest BCUT2D eigenvalue weighted by Gasteiger charge is -2.26. The fraction of sp³-hybridized carbons (Fsp3) is 0.294. The molecule has 0 aliphatic carbocycles. The van der Waals surface area contributed by atoms with E-state index in [2.05, 4.69) is 15.0 Å². The molecule has 23 heavy (non-hydrogen) atoms. The Morgan fingerprint density at radius 3 is 2.61 bits per heavy atom. The molecular formula is C17H17N5O. The average Bonchev–Trinajstić information content (AvgIpc) is 3.06. The highest BCUT2D eigenvalue weighted by Gasteiger charge is 2.19. The Morgan fingerprint density at radius 1 is 1.04 bits per heavy atom. The normalized spacial score (nSPS) is 15.0. The lowest BCUT2D eigenvalue weighted by molar-refractivity contribution is 0.0724. The highest BCUT2D eigenvalue weighted by atomic mass is 16.2. The van der Waals surface area contributed by atoms with Gasteiger partial charge in [0.05, 0.1) is 23.6 Å². The third-order valence-electron chi connectivity index (χ3n) is 4.24. The molecule has 0 radical (unpaired) electrons. The topological polar surface area (TPSA) is 63.9 Å². The Bertz CT molecular complexity index is 837. The molecule has 6 nitrogen and oxygen atoms in total. The smallest absolute Gasteiger partial charge is 0.255 e. The zero-order valence-electron chi connectivity index (χ0n) is 12.7. The number of nitrogens with zero attached hydrogens (tertiary/aromatic N) is 5.